The van der Waals surface area contributed by atoms with Gasteiger partial charge in [-0.15, -0.1) is 0 Å². The van der Waals surface area contributed by atoms with E-state index in [4.69, 9.17) is 5.73 Å². The Morgan fingerprint density at radius 2 is 1.70 bits per heavy atom. The Kier molecular flexibility index (Phi) is 5.06. The van der Waals surface area contributed by atoms with Crippen molar-refractivity contribution in [2.45, 2.75) is 37.1 Å². The monoisotopic (exact) mass is 308 g/mol. The van der Waals surface area contributed by atoms with Crippen LogP contribution < -0.4 is 10.5 Å². The number of benzene rings is 1. The molecule has 4 N–H and O–H groups in total. The first-order chi connectivity index (χ1) is 9.21. The third-order valence-electron chi connectivity index (χ3n) is 3.30. The van der Waals surface area contributed by atoms with Gasteiger partial charge in [-0.05, 0) is 25.0 Å². The van der Waals surface area contributed by atoms with Crippen molar-refractivity contribution in [2.75, 3.05) is 12.3 Å². The van der Waals surface area contributed by atoms with Crippen molar-refractivity contribution in [3.8, 4) is 0 Å². The summed E-state index contributed by atoms with van der Waals surface area (Å²) in [6.07, 6.45) is 0.550. The van der Waals surface area contributed by atoms with Crippen LogP contribution in [0.1, 0.15) is 26.7 Å². The zero-order valence-corrected chi connectivity index (χ0v) is 12.1. The molecular formula is C12H18F2N2O3S. The Bertz CT molecular complexity index is 555. The van der Waals surface area contributed by atoms with Gasteiger partial charge in [0.05, 0.1) is 12.1 Å². The van der Waals surface area contributed by atoms with E-state index in [0.29, 0.717) is 0 Å². The summed E-state index contributed by atoms with van der Waals surface area (Å²) in [4.78, 5) is -1.09. The second kappa shape index (κ2) is 6.02. The SMILES string of the molecule is CCC(CC)(CO)NS(=O)(=O)c1c(F)cc(N)cc1F. The highest BCUT2D eigenvalue weighted by molar-refractivity contribution is 7.89. The summed E-state index contributed by atoms with van der Waals surface area (Å²) >= 11 is 0. The molecule has 0 atom stereocenters. The quantitative estimate of drug-likeness (QED) is 0.692. The van der Waals surface area contributed by atoms with Gasteiger partial charge in [-0.1, -0.05) is 13.8 Å². The highest BCUT2D eigenvalue weighted by Gasteiger charge is 2.34. The number of sulfonamides is 1. The molecule has 1 aromatic rings. The van der Waals surface area contributed by atoms with Crippen LogP contribution in [0.3, 0.4) is 0 Å². The molecule has 0 radical (unpaired) electrons. The fraction of sp³-hybridized carbons (Fsp3) is 0.500. The van der Waals surface area contributed by atoms with Gasteiger partial charge in [-0.2, -0.15) is 0 Å². The van der Waals surface area contributed by atoms with E-state index in [-0.39, 0.29) is 18.5 Å². The fourth-order valence-corrected chi connectivity index (χ4v) is 3.48. The zero-order chi connectivity index (χ0) is 15.6. The van der Waals surface area contributed by atoms with Crippen molar-refractivity contribution >= 4 is 15.7 Å². The smallest absolute Gasteiger partial charge is 0.247 e. The van der Waals surface area contributed by atoms with Gasteiger partial charge >= 0.3 is 0 Å². The lowest BCUT2D eigenvalue weighted by molar-refractivity contribution is 0.172. The molecule has 0 aliphatic carbocycles. The lowest BCUT2D eigenvalue weighted by Crippen LogP contribution is -2.50. The van der Waals surface area contributed by atoms with Gasteiger partial charge in [0.25, 0.3) is 0 Å². The minimum Gasteiger partial charge on any atom is -0.399 e. The number of aliphatic hydroxyl groups is 1. The van der Waals surface area contributed by atoms with Crippen molar-refractivity contribution in [3.05, 3.63) is 23.8 Å². The van der Waals surface area contributed by atoms with E-state index < -0.39 is 38.7 Å². The lowest BCUT2D eigenvalue weighted by Gasteiger charge is -2.30. The second-order valence-corrected chi connectivity index (χ2v) is 6.18. The summed E-state index contributed by atoms with van der Waals surface area (Å²) in [6.45, 7) is 2.85. The molecule has 0 aliphatic rings. The van der Waals surface area contributed by atoms with Gasteiger partial charge in [-0.25, -0.2) is 21.9 Å². The van der Waals surface area contributed by atoms with Crippen molar-refractivity contribution < 1.29 is 22.3 Å². The van der Waals surface area contributed by atoms with Crippen molar-refractivity contribution in [1.82, 2.24) is 4.72 Å². The molecule has 1 rings (SSSR count). The first kappa shape index (κ1) is 16.8. The molecule has 0 unspecified atom stereocenters. The molecule has 114 valence electrons. The molecule has 8 heteroatoms. The summed E-state index contributed by atoms with van der Waals surface area (Å²) in [5, 5.41) is 9.34. The molecule has 0 aliphatic heterocycles. The van der Waals surface area contributed by atoms with Gasteiger partial charge in [0.15, 0.2) is 4.90 Å². The standard InChI is InChI=1S/C12H18F2N2O3S/c1-3-12(4-2,7-17)16-20(18,19)11-9(13)5-8(15)6-10(11)14/h5-6,16-17H,3-4,7,15H2,1-2H3. The summed E-state index contributed by atoms with van der Waals surface area (Å²) < 4.78 is 53.8. The molecule has 20 heavy (non-hydrogen) atoms. The van der Waals surface area contributed by atoms with Gasteiger partial charge < -0.3 is 10.8 Å². The van der Waals surface area contributed by atoms with Crippen LogP contribution in [0.15, 0.2) is 17.0 Å². The lowest BCUT2D eigenvalue weighted by atomic mass is 9.96. The molecule has 0 bridgehead atoms. The maximum Gasteiger partial charge on any atom is 0.247 e. The first-order valence-electron chi connectivity index (χ1n) is 6.10. The van der Waals surface area contributed by atoms with Gasteiger partial charge in [0.2, 0.25) is 10.0 Å². The highest BCUT2D eigenvalue weighted by atomic mass is 32.2. The largest absolute Gasteiger partial charge is 0.399 e. The number of nitrogens with one attached hydrogen (secondary N) is 1. The van der Waals surface area contributed by atoms with E-state index in [1.807, 2.05) is 0 Å². The van der Waals surface area contributed by atoms with E-state index in [1.54, 1.807) is 13.8 Å². The molecule has 1 aromatic carbocycles. The van der Waals surface area contributed by atoms with Crippen LogP contribution >= 0.6 is 0 Å². The molecule has 0 spiro atoms. The second-order valence-electron chi connectivity index (χ2n) is 4.56. The zero-order valence-electron chi connectivity index (χ0n) is 11.3. The van der Waals surface area contributed by atoms with Crippen LogP contribution in [0, 0.1) is 11.6 Å². The van der Waals surface area contributed by atoms with Crippen LogP contribution in [0.2, 0.25) is 0 Å². The number of aliphatic hydroxyl groups excluding tert-OH is 1. The van der Waals surface area contributed by atoms with Crippen LogP contribution in [0.25, 0.3) is 0 Å². The summed E-state index contributed by atoms with van der Waals surface area (Å²) in [6, 6.07) is 1.46. The number of rotatable bonds is 6. The van der Waals surface area contributed by atoms with E-state index in [0.717, 1.165) is 12.1 Å². The van der Waals surface area contributed by atoms with Crippen LogP contribution in [0.4, 0.5) is 14.5 Å². The van der Waals surface area contributed by atoms with Crippen LogP contribution in [0.5, 0.6) is 0 Å². The maximum absolute atomic E-state index is 13.7. The number of anilines is 1. The highest BCUT2D eigenvalue weighted by Crippen LogP contribution is 2.25. The minimum absolute atomic E-state index is 0.210. The molecule has 0 saturated carbocycles. The number of hydrogen-bond donors (Lipinski definition) is 3. The molecular weight excluding hydrogens is 290 g/mol. The van der Waals surface area contributed by atoms with Gasteiger partial charge in [0, 0.05) is 5.69 Å². The normalized spacial score (nSPS) is 12.7. The Morgan fingerprint density at radius 1 is 1.25 bits per heavy atom. The van der Waals surface area contributed by atoms with Crippen molar-refractivity contribution in [2.24, 2.45) is 0 Å². The maximum atomic E-state index is 13.7. The van der Waals surface area contributed by atoms with Gasteiger partial charge in [0.1, 0.15) is 11.6 Å². The molecule has 0 saturated heterocycles. The predicted octanol–water partition coefficient (Wildman–Crippen LogP) is 1.38. The average molecular weight is 308 g/mol. The molecule has 0 aromatic heterocycles. The van der Waals surface area contributed by atoms with E-state index in [1.165, 1.54) is 0 Å². The fourth-order valence-electron chi connectivity index (χ4n) is 1.82. The Labute approximate surface area is 116 Å². The average Bonchev–Trinajstić information content (AvgIpc) is 2.34. The van der Waals surface area contributed by atoms with Crippen molar-refractivity contribution in [3.63, 3.8) is 0 Å². The third kappa shape index (κ3) is 3.25. The minimum atomic E-state index is -4.45. The molecule has 0 heterocycles. The van der Waals surface area contributed by atoms with Crippen LogP contribution in [-0.4, -0.2) is 25.7 Å². The van der Waals surface area contributed by atoms with E-state index in [9.17, 15) is 22.3 Å². The first-order valence-corrected chi connectivity index (χ1v) is 7.59. The number of hydrogen-bond acceptors (Lipinski definition) is 4. The number of halogens is 2. The molecule has 0 amide bonds. The third-order valence-corrected chi connectivity index (χ3v) is 4.93. The summed E-state index contributed by atoms with van der Waals surface area (Å²) in [5.74, 6) is -2.54. The molecule has 5 nitrogen and oxygen atoms in total. The Morgan fingerprint density at radius 3 is 2.05 bits per heavy atom. The molecule has 0 fully saturated rings. The Balaban J connectivity index is 3.32. The van der Waals surface area contributed by atoms with Crippen LogP contribution in [-0.2, 0) is 10.0 Å². The Hall–Kier alpha value is -1.25. The van der Waals surface area contributed by atoms with Crippen molar-refractivity contribution in [1.29, 1.82) is 0 Å². The number of nitrogen functional groups attached to an aromatic ring is 1. The van der Waals surface area contributed by atoms with Gasteiger partial charge in [-0.3, -0.25) is 0 Å². The summed E-state index contributed by atoms with van der Waals surface area (Å²) in [5.41, 5.74) is 3.88. The predicted molar refractivity (Wildman–Crippen MR) is 71.5 cm³/mol. The summed E-state index contributed by atoms with van der Waals surface area (Å²) in [7, 11) is -4.45. The topological polar surface area (TPSA) is 92.4 Å². The number of nitrogens with two attached hydrogens (primary N) is 1. The van der Waals surface area contributed by atoms with E-state index in [2.05, 4.69) is 4.72 Å². The van der Waals surface area contributed by atoms with E-state index >= 15 is 0 Å².